The van der Waals surface area contributed by atoms with Crippen molar-refractivity contribution >= 4 is 34.8 Å². The third kappa shape index (κ3) is 5.49. The highest BCUT2D eigenvalue weighted by Gasteiger charge is 2.19. The van der Waals surface area contributed by atoms with Gasteiger partial charge in [-0.1, -0.05) is 93.2 Å². The molecule has 0 unspecified atom stereocenters. The molecule has 0 spiro atoms. The molecule has 8 heteroatoms. The van der Waals surface area contributed by atoms with E-state index in [1.165, 1.54) is 17.3 Å². The second-order valence-corrected chi connectivity index (χ2v) is 10.6. The number of benzene rings is 3. The lowest BCUT2D eigenvalue weighted by atomic mass is 9.87. The second-order valence-electron chi connectivity index (χ2n) is 9.68. The fourth-order valence-corrected chi connectivity index (χ4v) is 4.76. The van der Waals surface area contributed by atoms with Gasteiger partial charge < -0.3 is 4.98 Å². The van der Waals surface area contributed by atoms with Crippen molar-refractivity contribution in [2.24, 2.45) is 5.10 Å². The molecule has 2 N–H and O–H groups in total. The van der Waals surface area contributed by atoms with Crippen molar-refractivity contribution in [1.29, 1.82) is 0 Å². The van der Waals surface area contributed by atoms with E-state index in [-0.39, 0.29) is 17.1 Å². The van der Waals surface area contributed by atoms with Gasteiger partial charge in [0.15, 0.2) is 11.0 Å². The summed E-state index contributed by atoms with van der Waals surface area (Å²) in [5.74, 6) is 0.658. The SMILES string of the molecule is CC(C)(C)c1ccc(-c2nnc(SCC(=O)N/N=C/c3c[nH]c4ccccc34)n2-c2ccccc2)cc1. The minimum atomic E-state index is -0.222. The van der Waals surface area contributed by atoms with E-state index in [1.807, 2.05) is 65.4 Å². The molecule has 0 saturated heterocycles. The molecule has 7 nitrogen and oxygen atoms in total. The van der Waals surface area contributed by atoms with Crippen LogP contribution in [0, 0.1) is 0 Å². The lowest BCUT2D eigenvalue weighted by Crippen LogP contribution is -2.20. The Morgan fingerprint density at radius 3 is 2.49 bits per heavy atom. The average Bonchev–Trinajstić information content (AvgIpc) is 3.52. The number of hydrazone groups is 1. The molecule has 186 valence electrons. The number of aromatic nitrogens is 4. The van der Waals surface area contributed by atoms with Gasteiger partial charge in [-0.2, -0.15) is 5.10 Å². The number of fused-ring (bicyclic) bond motifs is 1. The molecule has 0 bridgehead atoms. The molecule has 3 aromatic carbocycles. The molecule has 37 heavy (non-hydrogen) atoms. The number of carbonyl (C=O) groups is 1. The number of carbonyl (C=O) groups excluding carboxylic acids is 1. The Labute approximate surface area is 220 Å². The highest BCUT2D eigenvalue weighted by Crippen LogP contribution is 2.30. The Kier molecular flexibility index (Phi) is 6.92. The van der Waals surface area contributed by atoms with Gasteiger partial charge in [-0.25, -0.2) is 5.43 Å². The lowest BCUT2D eigenvalue weighted by molar-refractivity contribution is -0.118. The Balaban J connectivity index is 1.32. The van der Waals surface area contributed by atoms with Gasteiger partial charge >= 0.3 is 0 Å². The Hall–Kier alpha value is -4.17. The first-order chi connectivity index (χ1) is 17.9. The zero-order chi connectivity index (χ0) is 25.8. The van der Waals surface area contributed by atoms with E-state index in [0.29, 0.717) is 5.16 Å². The molecule has 1 amide bonds. The van der Waals surface area contributed by atoms with E-state index in [9.17, 15) is 4.79 Å². The number of nitrogens with one attached hydrogen (secondary N) is 2. The summed E-state index contributed by atoms with van der Waals surface area (Å²) in [5, 5.41) is 14.7. The number of para-hydroxylation sites is 2. The Bertz CT molecular complexity index is 1550. The number of H-pyrrole nitrogens is 1. The van der Waals surface area contributed by atoms with Gasteiger partial charge in [0.2, 0.25) is 0 Å². The van der Waals surface area contributed by atoms with E-state index >= 15 is 0 Å². The summed E-state index contributed by atoms with van der Waals surface area (Å²) in [6.45, 7) is 6.58. The first kappa shape index (κ1) is 24.5. The summed E-state index contributed by atoms with van der Waals surface area (Å²) in [4.78, 5) is 15.7. The minimum absolute atomic E-state index is 0.0662. The van der Waals surface area contributed by atoms with Crippen LogP contribution in [0.5, 0.6) is 0 Å². The number of nitrogens with zero attached hydrogens (tertiary/aromatic N) is 4. The Morgan fingerprint density at radius 2 is 1.73 bits per heavy atom. The molecular formula is C29H28N6OS. The third-order valence-corrected chi connectivity index (χ3v) is 6.93. The smallest absolute Gasteiger partial charge is 0.250 e. The topological polar surface area (TPSA) is 88.0 Å². The minimum Gasteiger partial charge on any atom is -0.361 e. The molecule has 0 aliphatic heterocycles. The molecular weight excluding hydrogens is 480 g/mol. The van der Waals surface area contributed by atoms with Gasteiger partial charge in [-0.3, -0.25) is 9.36 Å². The number of rotatable bonds is 7. The quantitative estimate of drug-likeness (QED) is 0.161. The zero-order valence-electron chi connectivity index (χ0n) is 21.0. The van der Waals surface area contributed by atoms with Gasteiger partial charge in [0, 0.05) is 33.9 Å². The van der Waals surface area contributed by atoms with Gasteiger partial charge in [-0.15, -0.1) is 10.2 Å². The molecule has 0 fully saturated rings. The highest BCUT2D eigenvalue weighted by molar-refractivity contribution is 7.99. The summed E-state index contributed by atoms with van der Waals surface area (Å²) in [6.07, 6.45) is 3.51. The fraction of sp³-hybridized carbons (Fsp3) is 0.172. The van der Waals surface area contributed by atoms with E-state index < -0.39 is 0 Å². The highest BCUT2D eigenvalue weighted by atomic mass is 32.2. The zero-order valence-corrected chi connectivity index (χ0v) is 21.8. The predicted octanol–water partition coefficient (Wildman–Crippen LogP) is 5.96. The summed E-state index contributed by atoms with van der Waals surface area (Å²) in [5.41, 5.74) is 7.76. The summed E-state index contributed by atoms with van der Waals surface area (Å²) in [6, 6.07) is 26.3. The van der Waals surface area contributed by atoms with Gasteiger partial charge in [0.05, 0.1) is 12.0 Å². The van der Waals surface area contributed by atoms with Crippen LogP contribution in [-0.4, -0.2) is 37.6 Å². The average molecular weight is 509 g/mol. The van der Waals surface area contributed by atoms with Crippen LogP contribution in [0.3, 0.4) is 0 Å². The van der Waals surface area contributed by atoms with Gasteiger partial charge in [0.25, 0.3) is 5.91 Å². The molecule has 2 heterocycles. The maximum atomic E-state index is 12.6. The molecule has 0 aliphatic carbocycles. The third-order valence-electron chi connectivity index (χ3n) is 6.00. The van der Waals surface area contributed by atoms with Crippen molar-refractivity contribution in [3.05, 3.63) is 96.2 Å². The maximum Gasteiger partial charge on any atom is 0.250 e. The number of aromatic amines is 1. The van der Waals surface area contributed by atoms with Crippen molar-refractivity contribution < 1.29 is 4.79 Å². The molecule has 5 rings (SSSR count). The molecule has 2 aromatic heterocycles. The number of amides is 1. The number of hydrogen-bond donors (Lipinski definition) is 2. The van der Waals surface area contributed by atoms with Crippen molar-refractivity contribution in [3.63, 3.8) is 0 Å². The van der Waals surface area contributed by atoms with Crippen LogP contribution < -0.4 is 5.43 Å². The normalized spacial score (nSPS) is 11.9. The van der Waals surface area contributed by atoms with Crippen LogP contribution in [0.15, 0.2) is 95.3 Å². The van der Waals surface area contributed by atoms with Crippen LogP contribution in [0.4, 0.5) is 0 Å². The standard InChI is InChI=1S/C29H28N6OS/c1-29(2,3)22-15-13-20(14-16-22)27-33-34-28(35(27)23-9-5-4-6-10-23)37-19-26(36)32-31-18-21-17-30-25-12-8-7-11-24(21)25/h4-18,30H,19H2,1-3H3,(H,32,36)/b31-18+. The number of thioether (sulfide) groups is 1. The summed E-state index contributed by atoms with van der Waals surface area (Å²) in [7, 11) is 0. The largest absolute Gasteiger partial charge is 0.361 e. The summed E-state index contributed by atoms with van der Waals surface area (Å²) < 4.78 is 1.99. The molecule has 0 aliphatic rings. The first-order valence-corrected chi connectivity index (χ1v) is 13.0. The van der Waals surface area contributed by atoms with Crippen LogP contribution in [0.1, 0.15) is 31.9 Å². The molecule has 5 aromatic rings. The second kappa shape index (κ2) is 10.4. The molecule has 0 saturated carbocycles. The van der Waals surface area contributed by atoms with E-state index in [2.05, 4.69) is 70.7 Å². The summed E-state index contributed by atoms with van der Waals surface area (Å²) >= 11 is 1.32. The predicted molar refractivity (Wildman–Crippen MR) is 150 cm³/mol. The first-order valence-electron chi connectivity index (χ1n) is 12.0. The van der Waals surface area contributed by atoms with Crippen LogP contribution in [-0.2, 0) is 10.2 Å². The van der Waals surface area contributed by atoms with Crippen LogP contribution in [0.25, 0.3) is 28.0 Å². The van der Waals surface area contributed by atoms with Crippen LogP contribution in [0.2, 0.25) is 0 Å². The molecule has 0 radical (unpaired) electrons. The van der Waals surface area contributed by atoms with Gasteiger partial charge in [-0.05, 0) is 29.2 Å². The van der Waals surface area contributed by atoms with Crippen molar-refractivity contribution in [2.45, 2.75) is 31.3 Å². The number of hydrogen-bond acceptors (Lipinski definition) is 5. The lowest BCUT2D eigenvalue weighted by Gasteiger charge is -2.19. The van der Waals surface area contributed by atoms with Crippen LogP contribution >= 0.6 is 11.8 Å². The fourth-order valence-electron chi connectivity index (χ4n) is 4.02. The van der Waals surface area contributed by atoms with E-state index in [4.69, 9.17) is 0 Å². The van der Waals surface area contributed by atoms with E-state index in [0.717, 1.165) is 33.5 Å². The Morgan fingerprint density at radius 1 is 1.00 bits per heavy atom. The molecule has 0 atom stereocenters. The van der Waals surface area contributed by atoms with Crippen molar-refractivity contribution in [2.75, 3.05) is 5.75 Å². The van der Waals surface area contributed by atoms with Gasteiger partial charge in [0.1, 0.15) is 0 Å². The monoisotopic (exact) mass is 508 g/mol. The maximum absolute atomic E-state index is 12.6. The van der Waals surface area contributed by atoms with Crippen molar-refractivity contribution in [3.8, 4) is 17.1 Å². The van der Waals surface area contributed by atoms with Crippen molar-refractivity contribution in [1.82, 2.24) is 25.2 Å². The van der Waals surface area contributed by atoms with E-state index in [1.54, 1.807) is 6.21 Å².